The van der Waals surface area contributed by atoms with Crippen molar-refractivity contribution in [3.63, 3.8) is 0 Å². The Balaban J connectivity index is 2.20. The van der Waals surface area contributed by atoms with E-state index >= 15 is 0 Å². The molecule has 17 heavy (non-hydrogen) atoms. The van der Waals surface area contributed by atoms with Crippen LogP contribution in [0.4, 0.5) is 13.2 Å². The van der Waals surface area contributed by atoms with E-state index in [1.54, 1.807) is 0 Å². The van der Waals surface area contributed by atoms with Crippen LogP contribution in [0.3, 0.4) is 0 Å². The third kappa shape index (κ3) is 2.35. The van der Waals surface area contributed by atoms with Crippen LogP contribution in [0.1, 0.15) is 0 Å². The van der Waals surface area contributed by atoms with E-state index in [1.165, 1.54) is 23.3 Å². The van der Waals surface area contributed by atoms with Crippen molar-refractivity contribution in [3.8, 4) is 0 Å². The second-order valence-corrected chi connectivity index (χ2v) is 3.77. The number of rotatable bonds is 2. The number of hydrazine groups is 2. The molecule has 2 aliphatic rings. The molecule has 0 radical (unpaired) electrons. The van der Waals surface area contributed by atoms with Gasteiger partial charge in [-0.15, -0.1) is 5.53 Å². The van der Waals surface area contributed by atoms with Crippen molar-refractivity contribution in [1.82, 2.24) is 20.9 Å². The van der Waals surface area contributed by atoms with E-state index in [0.717, 1.165) is 6.08 Å². The summed E-state index contributed by atoms with van der Waals surface area (Å²) in [6, 6.07) is 0. The molecule has 9 heteroatoms. The lowest BCUT2D eigenvalue weighted by Crippen LogP contribution is -2.48. The average Bonchev–Trinajstić information content (AvgIpc) is 2.60. The van der Waals surface area contributed by atoms with Crippen molar-refractivity contribution < 1.29 is 17.9 Å². The minimum absolute atomic E-state index is 0.0286. The number of halogens is 3. The van der Waals surface area contributed by atoms with E-state index in [0.29, 0.717) is 0 Å². The summed E-state index contributed by atoms with van der Waals surface area (Å²) in [7, 11) is 1.47. The van der Waals surface area contributed by atoms with E-state index in [-0.39, 0.29) is 17.5 Å². The average molecular weight is 266 g/mol. The molecule has 0 amide bonds. The Morgan fingerprint density at radius 2 is 2.18 bits per heavy atom. The molecule has 94 valence electrons. The van der Waals surface area contributed by atoms with E-state index in [1.807, 2.05) is 0 Å². The first-order valence-corrected chi connectivity index (χ1v) is 4.96. The normalized spacial score (nSPS) is 19.9. The molecule has 0 aromatic carbocycles. The van der Waals surface area contributed by atoms with Gasteiger partial charge in [0.05, 0.1) is 6.20 Å². The van der Waals surface area contributed by atoms with Crippen molar-refractivity contribution in [1.29, 1.82) is 0 Å². The summed E-state index contributed by atoms with van der Waals surface area (Å²) in [6.45, 7) is 0.186. The minimum atomic E-state index is -4.45. The number of hydrogen-bond acceptors (Lipinski definition) is 5. The maximum Gasteiger partial charge on any atom is 0.431 e. The Hall–Kier alpha value is -1.32. The Labute approximate surface area is 100 Å². The van der Waals surface area contributed by atoms with Crippen molar-refractivity contribution >= 4 is 17.2 Å². The van der Waals surface area contributed by atoms with Crippen LogP contribution in [0.25, 0.3) is 0 Å². The number of ether oxygens (including phenoxy) is 1. The van der Waals surface area contributed by atoms with Gasteiger partial charge >= 0.3 is 6.18 Å². The number of hydrogen-bond donors (Lipinski definition) is 2. The summed E-state index contributed by atoms with van der Waals surface area (Å²) in [6.07, 6.45) is -2.16. The van der Waals surface area contributed by atoms with E-state index in [4.69, 9.17) is 17.0 Å². The fraction of sp³-hybridized carbons (Fsp3) is 0.375. The Morgan fingerprint density at radius 3 is 2.76 bits per heavy atom. The molecule has 0 aromatic rings. The van der Waals surface area contributed by atoms with Gasteiger partial charge in [0.1, 0.15) is 23.2 Å². The molecular formula is C8H9F3N4OS. The smallest absolute Gasteiger partial charge is 0.363 e. The van der Waals surface area contributed by atoms with E-state index < -0.39 is 11.9 Å². The van der Waals surface area contributed by atoms with Gasteiger partial charge in [0.25, 0.3) is 0 Å². The second-order valence-electron chi connectivity index (χ2n) is 3.36. The van der Waals surface area contributed by atoms with Crippen LogP contribution in [-0.4, -0.2) is 35.0 Å². The monoisotopic (exact) mass is 266 g/mol. The molecule has 2 rings (SSSR count). The standard InChI is InChI=1S/C8H9F3N4OS/c1-16-4-14-3-6-12-5(8(9,10)11)2-7(17)15(6)13-14/h2-3,12-13H,4H2,1H3. The van der Waals surface area contributed by atoms with Crippen molar-refractivity contribution in [2.24, 2.45) is 0 Å². The Bertz CT molecular complexity index is 406. The molecule has 0 saturated carbocycles. The van der Waals surface area contributed by atoms with Crippen molar-refractivity contribution in [2.75, 3.05) is 13.8 Å². The second kappa shape index (κ2) is 4.17. The highest BCUT2D eigenvalue weighted by atomic mass is 32.1. The molecule has 0 aliphatic carbocycles. The highest BCUT2D eigenvalue weighted by Crippen LogP contribution is 2.28. The van der Waals surface area contributed by atoms with Crippen molar-refractivity contribution in [3.05, 3.63) is 23.8 Å². The van der Waals surface area contributed by atoms with Crippen LogP contribution in [0.5, 0.6) is 0 Å². The fourth-order valence-corrected chi connectivity index (χ4v) is 1.65. The zero-order valence-corrected chi connectivity index (χ0v) is 9.52. The zero-order chi connectivity index (χ0) is 12.6. The highest BCUT2D eigenvalue weighted by Gasteiger charge is 2.39. The van der Waals surface area contributed by atoms with E-state index in [9.17, 15) is 13.2 Å². The third-order valence-electron chi connectivity index (χ3n) is 2.07. The van der Waals surface area contributed by atoms with Gasteiger partial charge in [-0.25, -0.2) is 5.01 Å². The van der Waals surface area contributed by atoms with Gasteiger partial charge in [0, 0.05) is 13.2 Å². The maximum atomic E-state index is 12.5. The van der Waals surface area contributed by atoms with Gasteiger partial charge in [-0.1, -0.05) is 12.2 Å². The predicted molar refractivity (Wildman–Crippen MR) is 56.6 cm³/mol. The molecule has 0 fully saturated rings. The van der Waals surface area contributed by atoms with E-state index in [2.05, 4.69) is 10.9 Å². The molecular weight excluding hydrogens is 257 g/mol. The molecule has 2 aliphatic heterocycles. The number of nitrogens with zero attached hydrogens (tertiary/aromatic N) is 2. The lowest BCUT2D eigenvalue weighted by atomic mass is 10.3. The molecule has 0 spiro atoms. The summed E-state index contributed by atoms with van der Waals surface area (Å²) in [5.74, 6) is 0.210. The lowest BCUT2D eigenvalue weighted by molar-refractivity contribution is -0.0967. The molecule has 0 saturated heterocycles. The van der Waals surface area contributed by atoms with Crippen LogP contribution >= 0.6 is 12.2 Å². The number of nitrogens with one attached hydrogen (secondary N) is 2. The SMILES string of the molecule is COCN1C=C2NC(C(F)(F)F)=CC(=S)N2N1. The number of alkyl halides is 3. The minimum Gasteiger partial charge on any atom is -0.363 e. The molecule has 2 N–H and O–H groups in total. The quantitative estimate of drug-likeness (QED) is 0.721. The molecule has 0 bridgehead atoms. The van der Waals surface area contributed by atoms with Crippen LogP contribution < -0.4 is 10.9 Å². The first-order valence-electron chi connectivity index (χ1n) is 4.55. The first-order chi connectivity index (χ1) is 7.91. The van der Waals surface area contributed by atoms with Crippen LogP contribution in [0.2, 0.25) is 0 Å². The third-order valence-corrected chi connectivity index (χ3v) is 2.37. The molecule has 0 unspecified atom stereocenters. The molecule has 5 nitrogen and oxygen atoms in total. The first kappa shape index (κ1) is 12.1. The van der Waals surface area contributed by atoms with Gasteiger partial charge in [-0.05, 0) is 0 Å². The summed E-state index contributed by atoms with van der Waals surface area (Å²) >= 11 is 4.87. The molecule has 2 heterocycles. The topological polar surface area (TPSA) is 39.8 Å². The predicted octanol–water partition coefficient (Wildman–Crippen LogP) is 0.803. The molecule has 0 aromatic heterocycles. The lowest BCUT2D eigenvalue weighted by Gasteiger charge is -2.28. The number of fused-ring (bicyclic) bond motifs is 1. The Kier molecular flexibility index (Phi) is 2.98. The summed E-state index contributed by atoms with van der Waals surface area (Å²) in [5.41, 5.74) is 1.87. The van der Waals surface area contributed by atoms with Gasteiger partial charge < -0.3 is 10.1 Å². The zero-order valence-electron chi connectivity index (χ0n) is 8.71. The van der Waals surface area contributed by atoms with Gasteiger partial charge in [-0.3, -0.25) is 5.01 Å². The van der Waals surface area contributed by atoms with Crippen LogP contribution in [0.15, 0.2) is 23.8 Å². The number of allylic oxidation sites excluding steroid dienone is 1. The summed E-state index contributed by atoms with van der Waals surface area (Å²) in [4.78, 5) is 0.0286. The van der Waals surface area contributed by atoms with Gasteiger partial charge in [0.15, 0.2) is 0 Å². The fourth-order valence-electron chi connectivity index (χ4n) is 1.39. The summed E-state index contributed by atoms with van der Waals surface area (Å²) < 4.78 is 42.4. The van der Waals surface area contributed by atoms with Crippen LogP contribution in [-0.2, 0) is 4.74 Å². The molecule has 0 atom stereocenters. The highest BCUT2D eigenvalue weighted by molar-refractivity contribution is 7.80. The largest absolute Gasteiger partial charge is 0.431 e. The van der Waals surface area contributed by atoms with Crippen LogP contribution in [0, 0.1) is 0 Å². The number of thiocarbonyl (C=S) groups is 1. The number of methoxy groups -OCH3 is 1. The van der Waals surface area contributed by atoms with Gasteiger partial charge in [-0.2, -0.15) is 13.2 Å². The summed E-state index contributed by atoms with van der Waals surface area (Å²) in [5, 5.41) is 5.03. The Morgan fingerprint density at radius 1 is 1.47 bits per heavy atom. The maximum absolute atomic E-state index is 12.5. The van der Waals surface area contributed by atoms with Crippen molar-refractivity contribution in [2.45, 2.75) is 6.18 Å². The van der Waals surface area contributed by atoms with Gasteiger partial charge in [0.2, 0.25) is 0 Å².